The molecule has 4 saturated heterocycles. The lowest BCUT2D eigenvalue weighted by atomic mass is 9.79. The van der Waals surface area contributed by atoms with E-state index in [1.54, 1.807) is 98.5 Å². The minimum atomic E-state index is -4.70. The van der Waals surface area contributed by atoms with Crippen LogP contribution in [0.2, 0.25) is 0 Å². The van der Waals surface area contributed by atoms with Crippen LogP contribution < -0.4 is 10.1 Å². The van der Waals surface area contributed by atoms with Gasteiger partial charge in [0.1, 0.15) is 23.4 Å². The summed E-state index contributed by atoms with van der Waals surface area (Å²) in [6.07, 6.45) is -7.29. The number of benzene rings is 5. The number of likely N-dealkylation sites (N-methyl/N-ethyl adjacent to an activating group) is 3. The van der Waals surface area contributed by atoms with Crippen LogP contribution in [-0.2, 0) is 66.3 Å². The van der Waals surface area contributed by atoms with E-state index in [4.69, 9.17) is 4.74 Å². The molecule has 4 N–H and O–H groups in total. The third kappa shape index (κ3) is 18.9. The van der Waals surface area contributed by atoms with Crippen molar-refractivity contribution in [1.82, 2.24) is 57.9 Å². The molecule has 0 bridgehead atoms. The van der Waals surface area contributed by atoms with E-state index in [-0.39, 0.29) is 100 Å². The van der Waals surface area contributed by atoms with Crippen LogP contribution in [0.5, 0.6) is 11.5 Å². The molecule has 1 aliphatic carbocycles. The second-order valence-electron chi connectivity index (χ2n) is 38.8. The van der Waals surface area contributed by atoms with Gasteiger partial charge < -0.3 is 57.9 Å². The number of amides is 4. The second-order valence-corrected chi connectivity index (χ2v) is 38.8. The first-order chi connectivity index (χ1) is 63.2. The topological polar surface area (TPSA) is 227 Å². The number of halogens is 10. The lowest BCUT2D eigenvalue weighted by Gasteiger charge is -2.52. The number of hydrogen-bond donors (Lipinski definition) is 4. The zero-order chi connectivity index (χ0) is 96.5. The number of aromatic nitrogens is 4. The van der Waals surface area contributed by atoms with Crippen molar-refractivity contribution in [3.63, 3.8) is 0 Å². The van der Waals surface area contributed by atoms with Crippen molar-refractivity contribution in [3.8, 4) is 11.5 Å². The molecule has 4 aromatic heterocycles. The van der Waals surface area contributed by atoms with Crippen LogP contribution in [0, 0.1) is 13.8 Å². The summed E-state index contributed by atoms with van der Waals surface area (Å²) in [6, 6.07) is 44.4. The van der Waals surface area contributed by atoms with E-state index >= 15 is 4.39 Å². The molecule has 3 atom stereocenters. The van der Waals surface area contributed by atoms with Crippen molar-refractivity contribution in [1.29, 1.82) is 0 Å². The Morgan fingerprint density at radius 3 is 1.53 bits per heavy atom. The normalized spacial score (nSPS) is 20.9. The average molecular weight is 1870 g/mol. The number of phenols is 1. The number of aromatic hydroxyl groups is 1. The predicted octanol–water partition coefficient (Wildman–Crippen LogP) is 18.1. The van der Waals surface area contributed by atoms with Crippen LogP contribution in [0.1, 0.15) is 258 Å². The van der Waals surface area contributed by atoms with Gasteiger partial charge in [-0.25, -0.2) is 4.39 Å². The molecule has 9 aliphatic rings. The van der Waals surface area contributed by atoms with Gasteiger partial charge in [-0.05, 0) is 258 Å². The minimum Gasteiger partial charge on any atom is -0.508 e. The lowest BCUT2D eigenvalue weighted by Crippen LogP contribution is -2.63. The number of piperidine rings is 4. The predicted molar refractivity (Wildman–Crippen MR) is 492 cm³/mol. The number of Topliss-reactive ketones (excluding diaryl/α,β-unsaturated/α-hetero) is 1. The number of fused-ring (bicyclic) bond motifs is 8. The summed E-state index contributed by atoms with van der Waals surface area (Å²) in [5.41, 5.74) is 5.16. The molecule has 5 aromatic carbocycles. The Kier molecular flexibility index (Phi) is 27.4. The quantitative estimate of drug-likeness (QED) is 0.0698. The van der Waals surface area contributed by atoms with Gasteiger partial charge in [-0.3, -0.25) is 48.8 Å². The molecule has 12 heterocycles. The fourth-order valence-corrected chi connectivity index (χ4v) is 22.5. The maximum atomic E-state index is 15.8. The number of ether oxygens (including phenoxy) is 1. The molecule has 1 unspecified atom stereocenters. The van der Waals surface area contributed by atoms with Crippen molar-refractivity contribution in [2.45, 2.75) is 222 Å². The van der Waals surface area contributed by atoms with Gasteiger partial charge in [-0.1, -0.05) is 67.8 Å². The van der Waals surface area contributed by atoms with E-state index in [1.807, 2.05) is 77.5 Å². The third-order valence-electron chi connectivity index (χ3n) is 29.8. The minimum absolute atomic E-state index is 0. The van der Waals surface area contributed by atoms with E-state index in [1.165, 1.54) is 84.2 Å². The molecule has 4 spiro atoms. The number of phenolic OH excluding ortho intramolecular Hbond substituents is 1. The smallest absolute Gasteiger partial charge is 0.431 e. The fourth-order valence-electron chi connectivity index (χ4n) is 22.5. The summed E-state index contributed by atoms with van der Waals surface area (Å²) in [5, 5.41) is 33.6. The number of likely N-dealkylation sites (tertiary alicyclic amines) is 4. The SMILES string of the molecule is CN1CCn2c(C(O)C(F)(F)F)ccc2C12CCN(C(=O)c1ccc(C3CCCCC3)cc1)CC2.COc1ccc(C(=O)N2CCC3(CC2)NC(C)(C)Cn2c(C(C)=O)ccc23)cc1C(F)(F)F.Cc1cc(C(=O)N2CCC3(CC2)c2ccc(C(=O)c4ccccc4)n2CCN3C)ccc1O.Cc1cc(C(=O)N2CC[C@@]3(c4ccc(C(F)(F)F)n4CCN3C)[C@@H](F)C2)ccc1C(C)(C)O.[HH].[HH].[HH]. The summed E-state index contributed by atoms with van der Waals surface area (Å²) < 4.78 is 148. The van der Waals surface area contributed by atoms with E-state index in [0.29, 0.717) is 135 Å². The van der Waals surface area contributed by atoms with Crippen LogP contribution in [0.15, 0.2) is 158 Å². The molecular formula is C102H126F10N12O10. The molecule has 4 amide bonds. The first kappa shape index (κ1) is 97.6. The number of ketones is 2. The van der Waals surface area contributed by atoms with Gasteiger partial charge in [0.25, 0.3) is 23.6 Å². The molecular weight excluding hydrogens is 1740 g/mol. The van der Waals surface area contributed by atoms with Crippen molar-refractivity contribution in [3.05, 3.63) is 259 Å². The number of rotatable bonds is 11. The molecule has 0 radical (unpaired) electrons. The summed E-state index contributed by atoms with van der Waals surface area (Å²) in [7, 11) is 7.04. The third-order valence-corrected chi connectivity index (χ3v) is 29.8. The highest BCUT2D eigenvalue weighted by Crippen LogP contribution is 2.50. The number of methoxy groups -OCH3 is 1. The van der Waals surface area contributed by atoms with E-state index in [2.05, 4.69) is 63.3 Å². The highest BCUT2D eigenvalue weighted by molar-refractivity contribution is 6.08. The standard InChI is InChI=1S/C27H34F3N3O2.C27H29N3O3.C24H29F4N3O2.C24H28F3N3O3.3H2/c1-31-17-18-33-22(24(34)27(28,29)30)11-12-23(33)26(31)13-15-32(16-14-26)25(35)21-9-7-20(8-10-21)19-5-3-2-4-6-19;1-19-18-21(8-10-23(19)31)26(33)29-14-12-27(13-15-29)24-11-9-22(30(24)17-16-28(27)2)25(32)20-6-4-3-5-7-20;1-15-13-16(5-6-17(15)22(2,3)33)21(32)30-10-9-23(18(25)14-30)19-7-8-20(24(26,27)28)31(19)12-11-29(23)4;1-15(31)18-6-8-20-23(28-22(2,3)14-30(18)20)9-11-29(12-10-23)21(32)16-5-7-19(33-4)17(13-16)24(25,26)27;;;/h7-12,19,24,34H,2-6,13-18H2,1H3;3-11,18,31H,12-17H2,1-2H3;5-8,13,18,33H,9-12,14H2,1-4H3;5-8,13,28H,9-12,14H2,1-4H3;3*1H/t;;18-,23-;;;;/m..0..../s1. The monoisotopic (exact) mass is 1870 g/mol. The molecule has 5 fully saturated rings. The van der Waals surface area contributed by atoms with Gasteiger partial charge in [0, 0.05) is 159 Å². The molecule has 8 aliphatic heterocycles. The zero-order valence-electron chi connectivity index (χ0n) is 77.7. The fraction of sp³-hybridized carbons (Fsp3) is 0.490. The van der Waals surface area contributed by atoms with Crippen LogP contribution in [0.25, 0.3) is 0 Å². The molecule has 1 saturated carbocycles. The number of aryl methyl sites for hydroxylation is 2. The Morgan fingerprint density at radius 1 is 0.485 bits per heavy atom. The van der Waals surface area contributed by atoms with E-state index in [9.17, 15) is 83.6 Å². The Hall–Kier alpha value is -10.9. The number of nitrogens with zero attached hydrogens (tertiary/aromatic N) is 11. The molecule has 32 heteroatoms. The van der Waals surface area contributed by atoms with Gasteiger partial charge in [0.05, 0.1) is 64.1 Å². The van der Waals surface area contributed by atoms with Crippen LogP contribution in [0.3, 0.4) is 0 Å². The summed E-state index contributed by atoms with van der Waals surface area (Å²) >= 11 is 0. The lowest BCUT2D eigenvalue weighted by molar-refractivity contribution is -0.209. The van der Waals surface area contributed by atoms with Gasteiger partial charge in [0.15, 0.2) is 11.9 Å². The van der Waals surface area contributed by atoms with Crippen LogP contribution >= 0.6 is 0 Å². The van der Waals surface area contributed by atoms with E-state index in [0.717, 1.165) is 60.7 Å². The number of carbonyl (C=O) groups excluding carboxylic acids is 6. The molecule has 9 aromatic rings. The Balaban J connectivity index is 0.000000163. The van der Waals surface area contributed by atoms with Crippen LogP contribution in [-0.4, -0.2) is 221 Å². The van der Waals surface area contributed by atoms with Crippen molar-refractivity contribution < 1.29 is 97.0 Å². The Morgan fingerprint density at radius 2 is 0.978 bits per heavy atom. The summed E-state index contributed by atoms with van der Waals surface area (Å²) in [4.78, 5) is 91.0. The van der Waals surface area contributed by atoms with Crippen LogP contribution in [0.4, 0.5) is 43.9 Å². The van der Waals surface area contributed by atoms with Gasteiger partial charge in [-0.2, -0.15) is 39.5 Å². The van der Waals surface area contributed by atoms with Crippen molar-refractivity contribution >= 4 is 35.2 Å². The first-order valence-corrected chi connectivity index (χ1v) is 46.2. The highest BCUT2D eigenvalue weighted by Gasteiger charge is 2.56. The number of nitrogens with one attached hydrogen (secondary N) is 1. The first-order valence-electron chi connectivity index (χ1n) is 46.2. The second kappa shape index (κ2) is 37.6. The number of aliphatic hydroxyl groups excluding tert-OH is 1. The zero-order valence-corrected chi connectivity index (χ0v) is 77.7. The number of hydrogen-bond acceptors (Lipinski definition) is 14. The molecule has 18 rings (SSSR count). The number of carbonyl (C=O) groups is 6. The Bertz CT molecular complexity index is 5860. The number of aliphatic hydroxyl groups is 2. The molecule has 134 heavy (non-hydrogen) atoms. The molecule has 22 nitrogen and oxygen atoms in total. The van der Waals surface area contributed by atoms with Gasteiger partial charge in [-0.15, -0.1) is 0 Å². The summed E-state index contributed by atoms with van der Waals surface area (Å²) in [6.45, 7) is 19.5. The average Bonchev–Trinajstić information content (AvgIpc) is 1.63. The largest absolute Gasteiger partial charge is 0.508 e. The van der Waals surface area contributed by atoms with Crippen molar-refractivity contribution in [2.24, 2.45) is 0 Å². The van der Waals surface area contributed by atoms with E-state index < -0.39 is 70.2 Å². The Labute approximate surface area is 778 Å². The highest BCUT2D eigenvalue weighted by atomic mass is 19.4. The van der Waals surface area contributed by atoms with Gasteiger partial charge >= 0.3 is 18.5 Å². The maximum absolute atomic E-state index is 15.8. The molecule has 724 valence electrons. The number of alkyl halides is 10. The van der Waals surface area contributed by atoms with Gasteiger partial charge in [0.2, 0.25) is 5.78 Å². The van der Waals surface area contributed by atoms with Crippen molar-refractivity contribution in [2.75, 3.05) is 100 Å². The maximum Gasteiger partial charge on any atom is 0.431 e. The summed E-state index contributed by atoms with van der Waals surface area (Å²) in [5.74, 6) is -0.212.